The molecule has 0 N–H and O–H groups in total. The van der Waals surface area contributed by atoms with Gasteiger partial charge in [-0.3, -0.25) is 14.5 Å². The molecule has 1 aliphatic heterocycles. The topological polar surface area (TPSA) is 102 Å². The molecule has 1 saturated carbocycles. The van der Waals surface area contributed by atoms with Gasteiger partial charge in [0.25, 0.3) is 0 Å². The number of Topliss-reactive ketones (excluding diaryl/α,β-unsaturated/α-hetero) is 2. The van der Waals surface area contributed by atoms with E-state index in [0.29, 0.717) is 43.8 Å². The van der Waals surface area contributed by atoms with Gasteiger partial charge in [0.1, 0.15) is 35.2 Å². The van der Waals surface area contributed by atoms with Crippen molar-refractivity contribution in [3.63, 3.8) is 0 Å². The molecule has 1 amide bonds. The molecule has 1 saturated heterocycles. The van der Waals surface area contributed by atoms with Crippen LogP contribution in [0.1, 0.15) is 51.6 Å². The molecule has 1 aromatic heterocycles. The Labute approximate surface area is 215 Å². The van der Waals surface area contributed by atoms with E-state index in [0.717, 1.165) is 41.5 Å². The number of hydrogen-bond donors (Lipinski definition) is 0. The molecule has 1 unspecified atom stereocenters. The molecule has 0 spiro atoms. The fourth-order valence-electron chi connectivity index (χ4n) is 5.03. The molecular weight excluding hydrogens is 474 g/mol. The van der Waals surface area contributed by atoms with Crippen molar-refractivity contribution in [2.24, 2.45) is 0 Å². The Morgan fingerprint density at radius 2 is 1.89 bits per heavy atom. The van der Waals surface area contributed by atoms with E-state index in [-0.39, 0.29) is 24.1 Å². The molecule has 196 valence electrons. The maximum Gasteiger partial charge on any atom is 0.410 e. The van der Waals surface area contributed by atoms with E-state index in [1.54, 1.807) is 4.90 Å². The summed E-state index contributed by atoms with van der Waals surface area (Å²) in [6.07, 6.45) is 0.579. The molecule has 1 aliphatic carbocycles. The fraction of sp³-hybridized carbons (Fsp3) is 0.500. The maximum absolute atomic E-state index is 12.5. The first-order valence-corrected chi connectivity index (χ1v) is 12.9. The summed E-state index contributed by atoms with van der Waals surface area (Å²) in [5, 5.41) is 6.98. The van der Waals surface area contributed by atoms with E-state index in [1.165, 1.54) is 0 Å². The van der Waals surface area contributed by atoms with Crippen LogP contribution in [0.2, 0.25) is 0 Å². The van der Waals surface area contributed by atoms with E-state index in [4.69, 9.17) is 14.0 Å². The van der Waals surface area contributed by atoms with Crippen LogP contribution in [-0.2, 0) is 14.3 Å². The normalized spacial score (nSPS) is 19.5. The lowest BCUT2D eigenvalue weighted by atomic mass is 9.83. The van der Waals surface area contributed by atoms with Crippen LogP contribution in [-0.4, -0.2) is 77.5 Å². The quantitative estimate of drug-likeness (QED) is 0.471. The summed E-state index contributed by atoms with van der Waals surface area (Å²) in [5.74, 6) is 0.258. The molecule has 2 heterocycles. The number of amides is 1. The lowest BCUT2D eigenvalue weighted by molar-refractivity contribution is -0.130. The second-order valence-electron chi connectivity index (χ2n) is 10.8. The van der Waals surface area contributed by atoms with Crippen LogP contribution in [0.5, 0.6) is 5.75 Å². The first kappa shape index (κ1) is 25.2. The number of piperazine rings is 1. The third-order valence-electron chi connectivity index (χ3n) is 6.95. The molecule has 1 atom stereocenters. The predicted octanol–water partition coefficient (Wildman–Crippen LogP) is 4.32. The van der Waals surface area contributed by atoms with Crippen molar-refractivity contribution < 1.29 is 28.4 Å². The highest BCUT2D eigenvalue weighted by Crippen LogP contribution is 2.37. The Morgan fingerprint density at radius 1 is 1.11 bits per heavy atom. The van der Waals surface area contributed by atoms with Crippen molar-refractivity contribution in [2.45, 2.75) is 51.6 Å². The number of rotatable bonds is 5. The highest BCUT2D eigenvalue weighted by Gasteiger charge is 2.32. The molecule has 5 rings (SSSR count). The van der Waals surface area contributed by atoms with Crippen LogP contribution in [0.3, 0.4) is 0 Å². The zero-order chi connectivity index (χ0) is 26.2. The van der Waals surface area contributed by atoms with Crippen molar-refractivity contribution in [3.05, 3.63) is 36.0 Å². The van der Waals surface area contributed by atoms with E-state index in [2.05, 4.69) is 10.1 Å². The van der Waals surface area contributed by atoms with E-state index < -0.39 is 11.5 Å². The van der Waals surface area contributed by atoms with Gasteiger partial charge in [-0.25, -0.2) is 4.79 Å². The molecule has 2 aliphatic rings. The number of fused-ring (bicyclic) bond motifs is 3. The fourth-order valence-corrected chi connectivity index (χ4v) is 5.03. The largest absolute Gasteiger partial charge is 0.492 e. The molecular formula is C28H33N3O6. The SMILES string of the molecule is CC(C)(C)OC(=O)N1CCN(CCOc2ccc3c(ccc4onc(C5CCC(=O)CC5=O)c43)c2)CC1. The van der Waals surface area contributed by atoms with Gasteiger partial charge in [-0.2, -0.15) is 0 Å². The molecule has 0 bridgehead atoms. The van der Waals surface area contributed by atoms with Crippen molar-refractivity contribution in [2.75, 3.05) is 39.3 Å². The highest BCUT2D eigenvalue weighted by atomic mass is 16.6. The Bertz CT molecular complexity index is 1330. The van der Waals surface area contributed by atoms with Crippen molar-refractivity contribution in [1.29, 1.82) is 0 Å². The highest BCUT2D eigenvalue weighted by molar-refractivity contribution is 6.11. The van der Waals surface area contributed by atoms with Crippen LogP contribution < -0.4 is 4.74 Å². The third-order valence-corrected chi connectivity index (χ3v) is 6.95. The van der Waals surface area contributed by atoms with Gasteiger partial charge in [0.05, 0.1) is 17.7 Å². The van der Waals surface area contributed by atoms with E-state index in [1.807, 2.05) is 51.1 Å². The van der Waals surface area contributed by atoms with Crippen molar-refractivity contribution >= 4 is 39.4 Å². The van der Waals surface area contributed by atoms with E-state index in [9.17, 15) is 14.4 Å². The minimum absolute atomic E-state index is 0.00869. The summed E-state index contributed by atoms with van der Waals surface area (Å²) in [5.41, 5.74) is 0.764. The number of carbonyl (C=O) groups excluding carboxylic acids is 3. The Morgan fingerprint density at radius 3 is 2.62 bits per heavy atom. The molecule has 3 aromatic rings. The van der Waals surface area contributed by atoms with Gasteiger partial charge in [0.15, 0.2) is 5.58 Å². The number of hydrogen-bond acceptors (Lipinski definition) is 8. The van der Waals surface area contributed by atoms with Gasteiger partial charge in [0.2, 0.25) is 0 Å². The van der Waals surface area contributed by atoms with Crippen LogP contribution >= 0.6 is 0 Å². The van der Waals surface area contributed by atoms with Crippen molar-refractivity contribution in [3.8, 4) is 5.75 Å². The Balaban J connectivity index is 1.20. The number of ether oxygens (including phenoxy) is 2. The lowest BCUT2D eigenvalue weighted by Gasteiger charge is -2.35. The van der Waals surface area contributed by atoms with Crippen LogP contribution in [0.4, 0.5) is 4.79 Å². The summed E-state index contributed by atoms with van der Waals surface area (Å²) >= 11 is 0. The molecule has 9 nitrogen and oxygen atoms in total. The third kappa shape index (κ3) is 5.61. The molecule has 2 fully saturated rings. The van der Waals surface area contributed by atoms with Crippen molar-refractivity contribution in [1.82, 2.24) is 15.0 Å². The summed E-state index contributed by atoms with van der Waals surface area (Å²) < 4.78 is 17.0. The Kier molecular flexibility index (Phi) is 6.90. The second kappa shape index (κ2) is 10.1. The molecule has 37 heavy (non-hydrogen) atoms. The van der Waals surface area contributed by atoms with Crippen LogP contribution in [0, 0.1) is 0 Å². The number of nitrogens with zero attached hydrogens (tertiary/aromatic N) is 3. The smallest absolute Gasteiger partial charge is 0.410 e. The van der Waals surface area contributed by atoms with Gasteiger partial charge in [-0.15, -0.1) is 0 Å². The number of carbonyl (C=O) groups is 3. The monoisotopic (exact) mass is 507 g/mol. The first-order chi connectivity index (χ1) is 17.7. The van der Waals surface area contributed by atoms with Gasteiger partial charge in [-0.05, 0) is 62.2 Å². The molecule has 9 heteroatoms. The average Bonchev–Trinajstić information content (AvgIpc) is 3.27. The maximum atomic E-state index is 12.5. The van der Waals surface area contributed by atoms with Gasteiger partial charge in [-0.1, -0.05) is 11.2 Å². The average molecular weight is 508 g/mol. The molecule has 2 aromatic carbocycles. The zero-order valence-corrected chi connectivity index (χ0v) is 21.6. The standard InChI is InChI=1S/C28H33N3O6/c1-28(2,3)36-27(34)31-12-10-30(11-13-31)14-15-35-20-6-8-21-18(16-20)4-9-24-25(21)26(29-37-24)22-7-5-19(32)17-23(22)33/h4,6,8-9,16,22H,5,7,10-15,17H2,1-3H3. The lowest BCUT2D eigenvalue weighted by Crippen LogP contribution is -2.50. The minimum Gasteiger partial charge on any atom is -0.492 e. The predicted molar refractivity (Wildman–Crippen MR) is 138 cm³/mol. The Hall–Kier alpha value is -3.46. The van der Waals surface area contributed by atoms with Crippen LogP contribution in [0.15, 0.2) is 34.9 Å². The first-order valence-electron chi connectivity index (χ1n) is 12.9. The van der Waals surface area contributed by atoms with Gasteiger partial charge in [0, 0.05) is 39.1 Å². The molecule has 0 radical (unpaired) electrons. The number of benzene rings is 2. The van der Waals surface area contributed by atoms with Crippen LogP contribution in [0.25, 0.3) is 21.7 Å². The van der Waals surface area contributed by atoms with E-state index >= 15 is 0 Å². The number of ketones is 2. The summed E-state index contributed by atoms with van der Waals surface area (Å²) in [6.45, 7) is 9.75. The minimum atomic E-state index is -0.489. The van der Waals surface area contributed by atoms with Gasteiger partial charge < -0.3 is 18.9 Å². The van der Waals surface area contributed by atoms with Gasteiger partial charge >= 0.3 is 6.09 Å². The summed E-state index contributed by atoms with van der Waals surface area (Å²) in [4.78, 5) is 40.5. The second-order valence-corrected chi connectivity index (χ2v) is 10.8. The zero-order valence-electron chi connectivity index (χ0n) is 21.6. The summed E-state index contributed by atoms with van der Waals surface area (Å²) in [6, 6.07) is 9.71. The summed E-state index contributed by atoms with van der Waals surface area (Å²) in [7, 11) is 0. The number of aromatic nitrogens is 1.